The first-order valence-corrected chi connectivity index (χ1v) is 8.86. The molecule has 0 spiro atoms. The second-order valence-electron chi connectivity index (χ2n) is 5.86. The molecule has 0 fully saturated rings. The molecule has 0 radical (unpaired) electrons. The topological polar surface area (TPSA) is 35.1 Å². The number of hydrogen-bond donors (Lipinski definition) is 0. The van der Waals surface area contributed by atoms with E-state index in [-0.39, 0.29) is 0 Å². The maximum atomic E-state index is 4.65. The number of rotatable bonds is 4. The van der Waals surface area contributed by atoms with Crippen molar-refractivity contribution < 1.29 is 0 Å². The number of thioether (sulfide) groups is 1. The molecule has 120 valence electrons. The lowest BCUT2D eigenvalue weighted by atomic mass is 10.1. The Bertz CT molecular complexity index is 966. The van der Waals surface area contributed by atoms with Crippen molar-refractivity contribution >= 4 is 17.4 Å². The number of fused-ring (bicyclic) bond motifs is 1. The lowest BCUT2D eigenvalue weighted by Crippen LogP contribution is -1.98. The summed E-state index contributed by atoms with van der Waals surface area (Å²) in [6.45, 7) is 4.24. The molecule has 0 N–H and O–H groups in total. The molecule has 4 nitrogen and oxygen atoms in total. The summed E-state index contributed by atoms with van der Waals surface area (Å²) < 4.78 is 4.20. The fourth-order valence-electron chi connectivity index (χ4n) is 2.75. The molecule has 3 aromatic heterocycles. The molecule has 1 aromatic carbocycles. The van der Waals surface area contributed by atoms with Crippen LogP contribution in [0.3, 0.4) is 0 Å². The molecule has 5 heteroatoms. The standard InChI is InChI=1S/C19H18N4S/c1-14-6-7-15(2)17(11-14)23-10-8-20-19(23)24-13-16-12-22-9-4-3-5-18(22)21-16/h3-12H,13H2,1-2H3. The maximum absolute atomic E-state index is 4.65. The van der Waals surface area contributed by atoms with Crippen LogP contribution in [0.1, 0.15) is 16.8 Å². The van der Waals surface area contributed by atoms with Crippen LogP contribution in [0.25, 0.3) is 11.3 Å². The van der Waals surface area contributed by atoms with E-state index in [9.17, 15) is 0 Å². The van der Waals surface area contributed by atoms with Gasteiger partial charge in [0.05, 0.1) is 11.4 Å². The van der Waals surface area contributed by atoms with Crippen molar-refractivity contribution in [2.75, 3.05) is 0 Å². The van der Waals surface area contributed by atoms with Gasteiger partial charge in [-0.1, -0.05) is 30.0 Å². The Morgan fingerprint density at radius 3 is 2.88 bits per heavy atom. The first-order chi connectivity index (χ1) is 11.7. The Morgan fingerprint density at radius 1 is 1.08 bits per heavy atom. The molecule has 0 amide bonds. The Balaban J connectivity index is 1.60. The lowest BCUT2D eigenvalue weighted by molar-refractivity contribution is 0.886. The van der Waals surface area contributed by atoms with Crippen LogP contribution in [0.15, 0.2) is 66.3 Å². The zero-order valence-corrected chi connectivity index (χ0v) is 14.5. The third-order valence-electron chi connectivity index (χ3n) is 3.99. The van der Waals surface area contributed by atoms with Gasteiger partial charge in [0.2, 0.25) is 0 Å². The maximum Gasteiger partial charge on any atom is 0.172 e. The monoisotopic (exact) mass is 334 g/mol. The highest BCUT2D eigenvalue weighted by Crippen LogP contribution is 2.26. The zero-order chi connectivity index (χ0) is 16.5. The van der Waals surface area contributed by atoms with Crippen molar-refractivity contribution in [1.29, 1.82) is 0 Å². The van der Waals surface area contributed by atoms with E-state index in [2.05, 4.69) is 52.8 Å². The normalized spacial score (nSPS) is 11.2. The van der Waals surface area contributed by atoms with Gasteiger partial charge in [0, 0.05) is 30.5 Å². The molecule has 0 aliphatic heterocycles. The van der Waals surface area contributed by atoms with Gasteiger partial charge in [-0.05, 0) is 43.2 Å². The SMILES string of the molecule is Cc1ccc(C)c(-n2ccnc2SCc2cn3ccccc3n2)c1. The molecule has 0 saturated heterocycles. The van der Waals surface area contributed by atoms with Gasteiger partial charge < -0.3 is 4.40 Å². The van der Waals surface area contributed by atoms with Crippen LogP contribution in [-0.4, -0.2) is 18.9 Å². The first kappa shape index (κ1) is 15.0. The molecule has 0 aliphatic carbocycles. The number of benzene rings is 1. The van der Waals surface area contributed by atoms with E-state index in [0.717, 1.165) is 22.3 Å². The molecule has 0 bridgehead atoms. The number of hydrogen-bond acceptors (Lipinski definition) is 3. The van der Waals surface area contributed by atoms with Gasteiger partial charge in [-0.3, -0.25) is 4.57 Å². The van der Waals surface area contributed by atoms with Gasteiger partial charge in [0.1, 0.15) is 5.65 Å². The summed E-state index contributed by atoms with van der Waals surface area (Å²) in [6.07, 6.45) is 7.97. The van der Waals surface area contributed by atoms with Crippen molar-refractivity contribution in [2.45, 2.75) is 24.8 Å². The van der Waals surface area contributed by atoms with Gasteiger partial charge in [-0.2, -0.15) is 0 Å². The molecule has 0 atom stereocenters. The Hall–Kier alpha value is -2.53. The van der Waals surface area contributed by atoms with Crippen molar-refractivity contribution in [3.8, 4) is 5.69 Å². The van der Waals surface area contributed by atoms with Crippen LogP contribution < -0.4 is 0 Å². The number of aromatic nitrogens is 4. The first-order valence-electron chi connectivity index (χ1n) is 7.87. The van der Waals surface area contributed by atoms with E-state index in [0.29, 0.717) is 0 Å². The minimum absolute atomic E-state index is 0.795. The highest BCUT2D eigenvalue weighted by Gasteiger charge is 2.10. The number of imidazole rings is 2. The summed E-state index contributed by atoms with van der Waals surface area (Å²) in [5.74, 6) is 0.795. The van der Waals surface area contributed by atoms with Crippen LogP contribution in [-0.2, 0) is 5.75 Å². The van der Waals surface area contributed by atoms with Crippen LogP contribution in [0.4, 0.5) is 0 Å². The lowest BCUT2D eigenvalue weighted by Gasteiger charge is -2.11. The fourth-order valence-corrected chi connectivity index (χ4v) is 3.60. The predicted molar refractivity (Wildman–Crippen MR) is 97.8 cm³/mol. The van der Waals surface area contributed by atoms with E-state index >= 15 is 0 Å². The van der Waals surface area contributed by atoms with E-state index in [1.807, 2.05) is 41.2 Å². The van der Waals surface area contributed by atoms with Gasteiger partial charge in [0.15, 0.2) is 5.16 Å². The third-order valence-corrected chi connectivity index (χ3v) is 4.99. The second-order valence-corrected chi connectivity index (χ2v) is 6.80. The van der Waals surface area contributed by atoms with Crippen molar-refractivity contribution in [3.05, 3.63) is 78.0 Å². The van der Waals surface area contributed by atoms with Crippen LogP contribution in [0.5, 0.6) is 0 Å². The summed E-state index contributed by atoms with van der Waals surface area (Å²) in [6, 6.07) is 12.5. The molecule has 3 heterocycles. The molecule has 0 saturated carbocycles. The molecule has 4 rings (SSSR count). The summed E-state index contributed by atoms with van der Waals surface area (Å²) in [4.78, 5) is 9.18. The van der Waals surface area contributed by atoms with E-state index < -0.39 is 0 Å². The van der Waals surface area contributed by atoms with Gasteiger partial charge in [-0.15, -0.1) is 0 Å². The third kappa shape index (κ3) is 2.83. The van der Waals surface area contributed by atoms with E-state index in [1.54, 1.807) is 11.8 Å². The summed E-state index contributed by atoms with van der Waals surface area (Å²) in [5, 5.41) is 0.987. The number of pyridine rings is 1. The fraction of sp³-hybridized carbons (Fsp3) is 0.158. The van der Waals surface area contributed by atoms with E-state index in [4.69, 9.17) is 0 Å². The number of nitrogens with zero attached hydrogens (tertiary/aromatic N) is 4. The molecule has 4 aromatic rings. The van der Waals surface area contributed by atoms with Crippen molar-refractivity contribution in [1.82, 2.24) is 18.9 Å². The van der Waals surface area contributed by atoms with Crippen LogP contribution >= 0.6 is 11.8 Å². The van der Waals surface area contributed by atoms with Gasteiger partial charge in [-0.25, -0.2) is 9.97 Å². The zero-order valence-electron chi connectivity index (χ0n) is 13.7. The van der Waals surface area contributed by atoms with Crippen molar-refractivity contribution in [2.24, 2.45) is 0 Å². The smallest absolute Gasteiger partial charge is 0.172 e. The second kappa shape index (κ2) is 6.17. The van der Waals surface area contributed by atoms with Gasteiger partial charge >= 0.3 is 0 Å². The summed E-state index contributed by atoms with van der Waals surface area (Å²) >= 11 is 1.71. The van der Waals surface area contributed by atoms with E-state index in [1.165, 1.54) is 16.8 Å². The average Bonchev–Trinajstić information content (AvgIpc) is 3.21. The molecular weight excluding hydrogens is 316 g/mol. The average molecular weight is 334 g/mol. The van der Waals surface area contributed by atoms with Gasteiger partial charge in [0.25, 0.3) is 0 Å². The quantitative estimate of drug-likeness (QED) is 0.518. The molecule has 24 heavy (non-hydrogen) atoms. The van der Waals surface area contributed by atoms with Crippen LogP contribution in [0, 0.1) is 13.8 Å². The van der Waals surface area contributed by atoms with Crippen LogP contribution in [0.2, 0.25) is 0 Å². The summed E-state index contributed by atoms with van der Waals surface area (Å²) in [5.41, 5.74) is 5.71. The summed E-state index contributed by atoms with van der Waals surface area (Å²) in [7, 11) is 0. The highest BCUT2D eigenvalue weighted by atomic mass is 32.2. The Morgan fingerprint density at radius 2 is 2.00 bits per heavy atom. The largest absolute Gasteiger partial charge is 0.307 e. The minimum atomic E-state index is 0.795. The highest BCUT2D eigenvalue weighted by molar-refractivity contribution is 7.98. The molecular formula is C19H18N4S. The predicted octanol–water partition coefficient (Wildman–Crippen LogP) is 4.43. The number of aryl methyl sites for hydroxylation is 2. The molecule has 0 unspecified atom stereocenters. The van der Waals surface area contributed by atoms with Crippen molar-refractivity contribution in [3.63, 3.8) is 0 Å². The minimum Gasteiger partial charge on any atom is -0.307 e. The molecule has 0 aliphatic rings. The Labute approximate surface area is 145 Å². The Kier molecular flexibility index (Phi) is 3.86.